The Morgan fingerprint density at radius 2 is 2.18 bits per heavy atom. The number of hydrogen-bond acceptors (Lipinski definition) is 4. The second-order valence-electron chi connectivity index (χ2n) is 5.76. The van der Waals surface area contributed by atoms with Gasteiger partial charge in [0.05, 0.1) is 5.60 Å². The molecule has 0 aliphatic carbocycles. The standard InChI is InChI=1S/C13H27N3O/c1-13(5-2-10-17-13)11-15-6-9-16-7-3-12(14)4-8-16/h12,15H,2-11,14H2,1H3. The molecule has 0 saturated carbocycles. The van der Waals surface area contributed by atoms with Crippen molar-refractivity contribution >= 4 is 0 Å². The molecule has 2 fully saturated rings. The summed E-state index contributed by atoms with van der Waals surface area (Å²) in [4.78, 5) is 2.51. The molecular weight excluding hydrogens is 214 g/mol. The molecule has 2 aliphatic heterocycles. The number of likely N-dealkylation sites (tertiary alicyclic amines) is 1. The van der Waals surface area contributed by atoms with Gasteiger partial charge in [0.25, 0.3) is 0 Å². The van der Waals surface area contributed by atoms with Crippen molar-refractivity contribution < 1.29 is 4.74 Å². The fourth-order valence-electron chi connectivity index (χ4n) is 2.74. The van der Waals surface area contributed by atoms with Crippen LogP contribution in [0.5, 0.6) is 0 Å². The molecule has 2 rings (SSSR count). The van der Waals surface area contributed by atoms with Crippen molar-refractivity contribution in [1.29, 1.82) is 0 Å². The molecule has 0 aromatic heterocycles. The van der Waals surface area contributed by atoms with E-state index in [1.807, 2.05) is 0 Å². The number of ether oxygens (including phenoxy) is 1. The van der Waals surface area contributed by atoms with Gasteiger partial charge in [0.15, 0.2) is 0 Å². The van der Waals surface area contributed by atoms with Crippen molar-refractivity contribution in [2.75, 3.05) is 39.3 Å². The fourth-order valence-corrected chi connectivity index (χ4v) is 2.74. The summed E-state index contributed by atoms with van der Waals surface area (Å²) in [5, 5.41) is 3.53. The lowest BCUT2D eigenvalue weighted by Crippen LogP contribution is -2.44. The summed E-state index contributed by atoms with van der Waals surface area (Å²) in [6, 6.07) is 0.435. The first-order valence-electron chi connectivity index (χ1n) is 7.01. The monoisotopic (exact) mass is 241 g/mol. The molecule has 4 nitrogen and oxygen atoms in total. The summed E-state index contributed by atoms with van der Waals surface area (Å²) in [7, 11) is 0. The fraction of sp³-hybridized carbons (Fsp3) is 1.00. The Labute approximate surface area is 105 Å². The smallest absolute Gasteiger partial charge is 0.0779 e. The third kappa shape index (κ3) is 4.21. The van der Waals surface area contributed by atoms with Gasteiger partial charge in [-0.25, -0.2) is 0 Å². The zero-order chi connectivity index (χ0) is 12.1. The van der Waals surface area contributed by atoms with Gasteiger partial charge in [0.2, 0.25) is 0 Å². The molecule has 0 aromatic rings. The van der Waals surface area contributed by atoms with Crippen LogP contribution in [0.15, 0.2) is 0 Å². The van der Waals surface area contributed by atoms with E-state index in [2.05, 4.69) is 17.1 Å². The van der Waals surface area contributed by atoms with Gasteiger partial charge in [-0.15, -0.1) is 0 Å². The van der Waals surface area contributed by atoms with Gasteiger partial charge in [-0.3, -0.25) is 0 Å². The molecule has 0 spiro atoms. The summed E-state index contributed by atoms with van der Waals surface area (Å²) in [5.74, 6) is 0. The van der Waals surface area contributed by atoms with E-state index in [0.717, 1.165) is 52.2 Å². The summed E-state index contributed by atoms with van der Waals surface area (Å²) in [6.07, 6.45) is 4.71. The van der Waals surface area contributed by atoms with Gasteiger partial charge in [0, 0.05) is 32.3 Å². The third-order valence-corrected chi connectivity index (χ3v) is 4.04. The summed E-state index contributed by atoms with van der Waals surface area (Å²) in [6.45, 7) is 8.67. The first kappa shape index (κ1) is 13.3. The molecular formula is C13H27N3O. The maximum Gasteiger partial charge on any atom is 0.0779 e. The molecule has 3 N–H and O–H groups in total. The minimum Gasteiger partial charge on any atom is -0.374 e. The van der Waals surface area contributed by atoms with Crippen LogP contribution in [0.3, 0.4) is 0 Å². The number of nitrogens with two attached hydrogens (primary N) is 1. The highest BCUT2D eigenvalue weighted by atomic mass is 16.5. The normalized spacial score (nSPS) is 32.1. The van der Waals surface area contributed by atoms with E-state index < -0.39 is 0 Å². The van der Waals surface area contributed by atoms with Crippen LogP contribution in [0.4, 0.5) is 0 Å². The largest absolute Gasteiger partial charge is 0.374 e. The highest BCUT2D eigenvalue weighted by Crippen LogP contribution is 2.23. The van der Waals surface area contributed by atoms with Crippen molar-refractivity contribution in [2.45, 2.75) is 44.2 Å². The van der Waals surface area contributed by atoms with Crippen LogP contribution in [0.1, 0.15) is 32.6 Å². The number of nitrogens with one attached hydrogen (secondary N) is 1. The third-order valence-electron chi connectivity index (χ3n) is 4.04. The maximum absolute atomic E-state index is 5.89. The molecule has 0 aromatic carbocycles. The Morgan fingerprint density at radius 3 is 2.82 bits per heavy atom. The zero-order valence-electron chi connectivity index (χ0n) is 11.1. The molecule has 0 amide bonds. The highest BCUT2D eigenvalue weighted by molar-refractivity contribution is 4.82. The van der Waals surface area contributed by atoms with E-state index >= 15 is 0 Å². The molecule has 2 saturated heterocycles. The van der Waals surface area contributed by atoms with E-state index in [0.29, 0.717) is 6.04 Å². The van der Waals surface area contributed by atoms with Crippen molar-refractivity contribution in [1.82, 2.24) is 10.2 Å². The Kier molecular flexibility index (Phi) is 4.79. The number of rotatable bonds is 5. The van der Waals surface area contributed by atoms with Gasteiger partial charge < -0.3 is 20.7 Å². The van der Waals surface area contributed by atoms with Crippen molar-refractivity contribution in [3.05, 3.63) is 0 Å². The molecule has 17 heavy (non-hydrogen) atoms. The van der Waals surface area contributed by atoms with E-state index in [9.17, 15) is 0 Å². The zero-order valence-corrected chi connectivity index (χ0v) is 11.1. The molecule has 1 unspecified atom stereocenters. The number of piperidine rings is 1. The average Bonchev–Trinajstić information content (AvgIpc) is 2.74. The van der Waals surface area contributed by atoms with Gasteiger partial charge in [0.1, 0.15) is 0 Å². The number of hydrogen-bond donors (Lipinski definition) is 2. The Balaban J connectivity index is 1.54. The van der Waals surface area contributed by atoms with Crippen LogP contribution in [0.2, 0.25) is 0 Å². The van der Waals surface area contributed by atoms with Crippen LogP contribution in [0, 0.1) is 0 Å². The van der Waals surface area contributed by atoms with Crippen LogP contribution < -0.4 is 11.1 Å². The summed E-state index contributed by atoms with van der Waals surface area (Å²) in [5.41, 5.74) is 5.98. The van der Waals surface area contributed by atoms with Crippen LogP contribution >= 0.6 is 0 Å². The summed E-state index contributed by atoms with van der Waals surface area (Å²) >= 11 is 0. The lowest BCUT2D eigenvalue weighted by molar-refractivity contribution is 0.0205. The molecule has 100 valence electrons. The topological polar surface area (TPSA) is 50.5 Å². The Morgan fingerprint density at radius 1 is 1.41 bits per heavy atom. The first-order valence-corrected chi connectivity index (χ1v) is 7.01. The van der Waals surface area contributed by atoms with E-state index in [4.69, 9.17) is 10.5 Å². The molecule has 0 bridgehead atoms. The minimum absolute atomic E-state index is 0.0876. The second kappa shape index (κ2) is 6.14. The molecule has 0 radical (unpaired) electrons. The number of nitrogens with zero attached hydrogens (tertiary/aromatic N) is 1. The SMILES string of the molecule is CC1(CNCCN2CCC(N)CC2)CCCO1. The van der Waals surface area contributed by atoms with E-state index in [1.165, 1.54) is 12.8 Å². The van der Waals surface area contributed by atoms with Crippen molar-refractivity contribution in [3.8, 4) is 0 Å². The minimum atomic E-state index is 0.0876. The molecule has 2 aliphatic rings. The molecule has 1 atom stereocenters. The predicted molar refractivity (Wildman–Crippen MR) is 70.1 cm³/mol. The van der Waals surface area contributed by atoms with Gasteiger partial charge >= 0.3 is 0 Å². The van der Waals surface area contributed by atoms with Crippen LogP contribution in [0.25, 0.3) is 0 Å². The van der Waals surface area contributed by atoms with Crippen molar-refractivity contribution in [2.24, 2.45) is 5.73 Å². The van der Waals surface area contributed by atoms with E-state index in [1.54, 1.807) is 0 Å². The molecule has 2 heterocycles. The van der Waals surface area contributed by atoms with Gasteiger partial charge in [-0.05, 0) is 45.7 Å². The summed E-state index contributed by atoms with van der Waals surface area (Å²) < 4.78 is 5.75. The van der Waals surface area contributed by atoms with Crippen LogP contribution in [-0.4, -0.2) is 55.9 Å². The lowest BCUT2D eigenvalue weighted by atomic mass is 10.0. The second-order valence-corrected chi connectivity index (χ2v) is 5.76. The van der Waals surface area contributed by atoms with Crippen LogP contribution in [-0.2, 0) is 4.74 Å². The molecule has 4 heteroatoms. The highest BCUT2D eigenvalue weighted by Gasteiger charge is 2.29. The quantitative estimate of drug-likeness (QED) is 0.691. The predicted octanol–water partition coefficient (Wildman–Crippen LogP) is 0.568. The van der Waals surface area contributed by atoms with Crippen molar-refractivity contribution in [3.63, 3.8) is 0 Å². The Bertz CT molecular complexity index is 221. The van der Waals surface area contributed by atoms with E-state index in [-0.39, 0.29) is 5.60 Å². The average molecular weight is 241 g/mol. The first-order chi connectivity index (χ1) is 8.18. The Hall–Kier alpha value is -0.160. The van der Waals surface area contributed by atoms with Gasteiger partial charge in [-0.1, -0.05) is 0 Å². The van der Waals surface area contributed by atoms with Gasteiger partial charge in [-0.2, -0.15) is 0 Å². The lowest BCUT2D eigenvalue weighted by Gasteiger charge is -2.30. The maximum atomic E-state index is 5.89.